The Bertz CT molecular complexity index is 770. The second kappa shape index (κ2) is 6.70. The summed E-state index contributed by atoms with van der Waals surface area (Å²) in [5.41, 5.74) is -0.146. The third kappa shape index (κ3) is 4.46. The van der Waals surface area contributed by atoms with E-state index in [1.165, 1.54) is 0 Å². The second-order valence-corrected chi connectivity index (χ2v) is 20.7. The van der Waals surface area contributed by atoms with E-state index in [9.17, 15) is 18.0 Å². The normalized spacial score (nSPS) is 12.1. The first-order valence-electron chi connectivity index (χ1n) is 7.31. The zero-order valence-corrected chi connectivity index (χ0v) is 16.7. The van der Waals surface area contributed by atoms with Crippen LogP contribution < -0.4 is 9.03 Å². The van der Waals surface area contributed by atoms with Gasteiger partial charge >= 0.3 is 142 Å². The molecule has 0 atom stereocenters. The number of aryl methyl sites for hydroxylation is 1. The second-order valence-electron chi connectivity index (χ2n) is 6.49. The topological polar surface area (TPSA) is 54.9 Å². The van der Waals surface area contributed by atoms with Gasteiger partial charge in [-0.1, -0.05) is 0 Å². The van der Waals surface area contributed by atoms with Gasteiger partial charge in [0.2, 0.25) is 0 Å². The first-order chi connectivity index (χ1) is 11.0. The van der Waals surface area contributed by atoms with Crippen LogP contribution in [0.3, 0.4) is 0 Å². The molecule has 1 amide bonds. The van der Waals surface area contributed by atoms with Crippen LogP contribution in [-0.2, 0) is 6.18 Å². The van der Waals surface area contributed by atoms with Crippen molar-refractivity contribution in [2.24, 2.45) is 0 Å². The number of amides is 1. The van der Waals surface area contributed by atoms with Crippen LogP contribution >= 0.6 is 0 Å². The first kappa shape index (κ1) is 18.7. The standard InChI is InChI=1S/C13H9F3N3O.3CH3.Sn/c1-8-2-3-11(18-7-8)19-12(20)10-6-9(4-5-17-10)13(14,15)16;;;;/h2-6H,1H3,(H,18,19,20);3*1H3;. The Kier molecular flexibility index (Phi) is 5.22. The Morgan fingerprint density at radius 3 is 2.42 bits per heavy atom. The van der Waals surface area contributed by atoms with Crippen LogP contribution in [0.4, 0.5) is 19.0 Å². The molecule has 0 spiro atoms. The van der Waals surface area contributed by atoms with Gasteiger partial charge in [-0.05, 0) is 0 Å². The van der Waals surface area contributed by atoms with Gasteiger partial charge in [0.15, 0.2) is 0 Å². The summed E-state index contributed by atoms with van der Waals surface area (Å²) in [6, 6.07) is 5.06. The van der Waals surface area contributed by atoms with Crippen LogP contribution in [0.25, 0.3) is 0 Å². The summed E-state index contributed by atoms with van der Waals surface area (Å²) in [4.78, 5) is 27.0. The summed E-state index contributed by atoms with van der Waals surface area (Å²) in [6.45, 7) is 1.96. The molecule has 8 heteroatoms. The molecule has 0 aliphatic rings. The zero-order valence-electron chi connectivity index (χ0n) is 13.8. The van der Waals surface area contributed by atoms with Crippen LogP contribution in [0, 0.1) is 6.92 Å². The minimum atomic E-state index is -4.52. The average Bonchev–Trinajstić information content (AvgIpc) is 2.47. The maximum atomic E-state index is 12.7. The van der Waals surface area contributed by atoms with E-state index in [0.717, 1.165) is 27.6 Å². The predicted octanol–water partition coefficient (Wildman–Crippen LogP) is 3.60. The number of rotatable bonds is 3. The number of hydrogen-bond acceptors (Lipinski definition) is 3. The monoisotopic (exact) mass is 445 g/mol. The molecule has 0 saturated heterocycles. The molecule has 0 radical (unpaired) electrons. The van der Waals surface area contributed by atoms with Gasteiger partial charge in [0.05, 0.1) is 0 Å². The van der Waals surface area contributed by atoms with E-state index < -0.39 is 36.0 Å². The molecule has 128 valence electrons. The van der Waals surface area contributed by atoms with Gasteiger partial charge in [-0.3, -0.25) is 0 Å². The van der Waals surface area contributed by atoms with E-state index in [-0.39, 0.29) is 5.69 Å². The van der Waals surface area contributed by atoms with Crippen LogP contribution in [-0.4, -0.2) is 34.3 Å². The number of nitrogens with one attached hydrogen (secondary N) is 1. The quantitative estimate of drug-likeness (QED) is 0.737. The molecule has 24 heavy (non-hydrogen) atoms. The Labute approximate surface area is 142 Å². The average molecular weight is 444 g/mol. The Morgan fingerprint density at radius 1 is 1.17 bits per heavy atom. The number of halogens is 3. The summed E-state index contributed by atoms with van der Waals surface area (Å²) in [5, 5.41) is 2.53. The van der Waals surface area contributed by atoms with Gasteiger partial charge in [0.25, 0.3) is 0 Å². The molecule has 0 aliphatic heterocycles. The molecule has 0 aromatic carbocycles. The molecule has 0 fully saturated rings. The number of pyridine rings is 2. The summed E-state index contributed by atoms with van der Waals surface area (Å²) in [5.74, 6) is -0.390. The predicted molar refractivity (Wildman–Crippen MR) is 89.1 cm³/mol. The number of hydrogen-bond donors (Lipinski definition) is 1. The molecular weight excluding hydrogens is 426 g/mol. The molecule has 2 aromatic heterocycles. The number of carbonyl (C=O) groups is 1. The number of alkyl halides is 3. The van der Waals surface area contributed by atoms with Crippen molar-refractivity contribution in [2.45, 2.75) is 27.9 Å². The van der Waals surface area contributed by atoms with Crippen LogP contribution in [0.15, 0.2) is 30.5 Å². The van der Waals surface area contributed by atoms with Crippen LogP contribution in [0.2, 0.25) is 14.8 Å². The van der Waals surface area contributed by atoms with Crippen molar-refractivity contribution in [1.29, 1.82) is 0 Å². The number of anilines is 1. The van der Waals surface area contributed by atoms with E-state index in [2.05, 4.69) is 30.1 Å². The molecule has 0 bridgehead atoms. The van der Waals surface area contributed by atoms with Crippen molar-refractivity contribution in [3.05, 3.63) is 47.3 Å². The van der Waals surface area contributed by atoms with Crippen molar-refractivity contribution >= 4 is 33.8 Å². The van der Waals surface area contributed by atoms with E-state index >= 15 is 0 Å². The van der Waals surface area contributed by atoms with E-state index in [4.69, 9.17) is 0 Å². The van der Waals surface area contributed by atoms with Crippen molar-refractivity contribution in [3.63, 3.8) is 0 Å². The van der Waals surface area contributed by atoms with Gasteiger partial charge < -0.3 is 0 Å². The van der Waals surface area contributed by atoms with Gasteiger partial charge in [-0.2, -0.15) is 0 Å². The molecule has 2 heterocycles. The third-order valence-electron chi connectivity index (χ3n) is 3.37. The van der Waals surface area contributed by atoms with Crippen molar-refractivity contribution in [2.75, 3.05) is 5.32 Å². The Balaban J connectivity index is 2.28. The third-order valence-corrected chi connectivity index (χ3v) is 8.87. The van der Waals surface area contributed by atoms with Crippen molar-refractivity contribution < 1.29 is 18.0 Å². The van der Waals surface area contributed by atoms with E-state index in [1.807, 2.05) is 13.0 Å². The molecule has 2 rings (SSSR count). The molecule has 4 nitrogen and oxygen atoms in total. The van der Waals surface area contributed by atoms with Crippen LogP contribution in [0.5, 0.6) is 0 Å². The summed E-state index contributed by atoms with van der Waals surface area (Å²) in [6.07, 6.45) is -3.55. The first-order valence-corrected chi connectivity index (χ1v) is 17.3. The summed E-state index contributed by atoms with van der Waals surface area (Å²) in [7, 11) is 0. The molecule has 0 saturated carbocycles. The maximum absolute atomic E-state index is 12.7. The van der Waals surface area contributed by atoms with E-state index in [1.54, 1.807) is 6.07 Å². The molecule has 1 N–H and O–H groups in total. The van der Waals surface area contributed by atoms with Gasteiger partial charge in [-0.25, -0.2) is 0 Å². The molecule has 2 aromatic rings. The number of nitrogens with zero attached hydrogens (tertiary/aromatic N) is 2. The molecule has 0 aliphatic carbocycles. The fraction of sp³-hybridized carbons (Fsp3) is 0.312. The van der Waals surface area contributed by atoms with E-state index in [0.29, 0.717) is 5.82 Å². The Hall–Kier alpha value is -1.64. The molecule has 0 unspecified atom stereocenters. The SMILES string of the molecule is Cc1ccc(NC(=O)c2cc(C(F)(F)F)ccn2)n[c]1[Sn]([CH3])([CH3])[CH3]. The van der Waals surface area contributed by atoms with Crippen molar-refractivity contribution in [1.82, 2.24) is 9.97 Å². The van der Waals surface area contributed by atoms with Gasteiger partial charge in [0, 0.05) is 0 Å². The molecular formula is C16H18F3N3OSn. The fourth-order valence-electron chi connectivity index (χ4n) is 2.27. The summed E-state index contributed by atoms with van der Waals surface area (Å²) < 4.78 is 39.2. The minimum absolute atomic E-state index is 0.298. The number of carbonyl (C=O) groups excluding carboxylic acids is 1. The zero-order chi connectivity index (χ0) is 18.1. The van der Waals surface area contributed by atoms with Gasteiger partial charge in [-0.15, -0.1) is 0 Å². The van der Waals surface area contributed by atoms with Crippen LogP contribution in [0.1, 0.15) is 21.6 Å². The fourth-order valence-corrected chi connectivity index (χ4v) is 7.18. The Morgan fingerprint density at radius 2 is 1.83 bits per heavy atom. The summed E-state index contributed by atoms with van der Waals surface area (Å²) >= 11 is -2.46. The number of aromatic nitrogens is 2. The van der Waals surface area contributed by atoms with Crippen molar-refractivity contribution in [3.8, 4) is 0 Å². The van der Waals surface area contributed by atoms with Gasteiger partial charge in [0.1, 0.15) is 0 Å².